The van der Waals surface area contributed by atoms with Crippen molar-refractivity contribution in [2.24, 2.45) is 0 Å². The second-order valence-electron chi connectivity index (χ2n) is 5.98. The van der Waals surface area contributed by atoms with Gasteiger partial charge in [0.1, 0.15) is 4.90 Å². The molecular weight excluding hydrogens is 434 g/mol. The maximum absolute atomic E-state index is 13.0. The number of sulfonamides is 1. The van der Waals surface area contributed by atoms with Crippen LogP contribution in [-0.4, -0.2) is 45.1 Å². The summed E-state index contributed by atoms with van der Waals surface area (Å²) >= 11 is 6.11. The van der Waals surface area contributed by atoms with Gasteiger partial charge in [0.25, 0.3) is 16.0 Å². The molecule has 2 aromatic heterocycles. The number of aromatic nitrogens is 5. The number of fused-ring (bicyclic) bond motifs is 1. The molecule has 0 aliphatic carbocycles. The number of hydrogen-bond donors (Lipinski definition) is 4. The van der Waals surface area contributed by atoms with E-state index in [4.69, 9.17) is 11.6 Å². The number of nitrogens with zero attached hydrogens (tertiary/aromatic N) is 4. The van der Waals surface area contributed by atoms with Gasteiger partial charge >= 0.3 is 5.97 Å². The molecule has 2 aromatic carbocycles. The van der Waals surface area contributed by atoms with Crippen molar-refractivity contribution in [2.75, 3.05) is 10.0 Å². The number of rotatable bonds is 6. The normalized spacial score (nSPS) is 11.4. The van der Waals surface area contributed by atoms with E-state index in [-0.39, 0.29) is 27.8 Å². The van der Waals surface area contributed by atoms with Crippen LogP contribution in [0.2, 0.25) is 5.02 Å². The number of halogens is 1. The lowest BCUT2D eigenvalue weighted by molar-refractivity contribution is 0.0698. The highest BCUT2D eigenvalue weighted by atomic mass is 35.5. The minimum Gasteiger partial charge on any atom is -0.478 e. The standard InChI is InChI=1S/C17H12ClN7O4S/c18-9-5-6-12-11(7-9)15(20-13-4-2-1-3-10(13)16(26)27)14(8-19-12)30(28,29)23-17-21-24-25-22-17/h1-8H,(H,19,20)(H,26,27)(H2,21,22,23,24,25). The molecule has 11 nitrogen and oxygen atoms in total. The molecule has 0 saturated heterocycles. The Morgan fingerprint density at radius 3 is 2.70 bits per heavy atom. The first-order valence-electron chi connectivity index (χ1n) is 8.29. The fraction of sp³-hybridized carbons (Fsp3) is 0. The fourth-order valence-electron chi connectivity index (χ4n) is 2.77. The number of carbonyl (C=O) groups is 1. The van der Waals surface area contributed by atoms with Gasteiger partial charge < -0.3 is 10.4 Å². The molecule has 0 fully saturated rings. The first-order chi connectivity index (χ1) is 14.3. The third-order valence-corrected chi connectivity index (χ3v) is 5.65. The molecule has 0 bridgehead atoms. The minimum absolute atomic E-state index is 0.0426. The summed E-state index contributed by atoms with van der Waals surface area (Å²) in [6.07, 6.45) is 1.14. The largest absolute Gasteiger partial charge is 0.478 e. The number of aromatic carboxylic acids is 1. The Morgan fingerprint density at radius 1 is 1.17 bits per heavy atom. The molecule has 0 amide bonds. The second-order valence-corrected chi connectivity index (χ2v) is 8.06. The van der Waals surface area contributed by atoms with Gasteiger partial charge in [-0.05, 0) is 35.5 Å². The molecular formula is C17H12ClN7O4S. The molecule has 30 heavy (non-hydrogen) atoms. The summed E-state index contributed by atoms with van der Waals surface area (Å²) in [6.45, 7) is 0. The summed E-state index contributed by atoms with van der Waals surface area (Å²) in [5.41, 5.74) is 0.688. The average molecular weight is 446 g/mol. The van der Waals surface area contributed by atoms with Crippen molar-refractivity contribution >= 4 is 55.8 Å². The number of hydrogen-bond acceptors (Lipinski definition) is 8. The summed E-state index contributed by atoms with van der Waals surface area (Å²) in [5, 5.41) is 25.7. The van der Waals surface area contributed by atoms with Gasteiger partial charge in [-0.2, -0.15) is 5.21 Å². The van der Waals surface area contributed by atoms with E-state index >= 15 is 0 Å². The van der Waals surface area contributed by atoms with Crippen LogP contribution in [0.4, 0.5) is 17.3 Å². The van der Waals surface area contributed by atoms with E-state index in [0.717, 1.165) is 6.20 Å². The van der Waals surface area contributed by atoms with Crippen LogP contribution in [-0.2, 0) is 10.0 Å². The highest BCUT2D eigenvalue weighted by molar-refractivity contribution is 7.92. The summed E-state index contributed by atoms with van der Waals surface area (Å²) in [7, 11) is -4.22. The lowest BCUT2D eigenvalue weighted by Gasteiger charge is -2.16. The van der Waals surface area contributed by atoms with Crippen molar-refractivity contribution in [3.8, 4) is 0 Å². The van der Waals surface area contributed by atoms with Crippen LogP contribution in [0.25, 0.3) is 10.9 Å². The van der Waals surface area contributed by atoms with Crippen molar-refractivity contribution in [1.82, 2.24) is 25.6 Å². The smallest absolute Gasteiger partial charge is 0.337 e. The summed E-state index contributed by atoms with van der Waals surface area (Å²) in [6, 6.07) is 10.9. The zero-order chi connectivity index (χ0) is 21.3. The van der Waals surface area contributed by atoms with Crippen molar-refractivity contribution in [2.45, 2.75) is 4.90 Å². The molecule has 4 rings (SSSR count). The Morgan fingerprint density at radius 2 is 1.97 bits per heavy atom. The number of benzene rings is 2. The summed E-state index contributed by atoms with van der Waals surface area (Å²) in [4.78, 5) is 15.5. The average Bonchev–Trinajstić information content (AvgIpc) is 3.20. The minimum atomic E-state index is -4.22. The van der Waals surface area contributed by atoms with Gasteiger partial charge in [0.2, 0.25) is 0 Å². The van der Waals surface area contributed by atoms with Crippen LogP contribution in [0, 0.1) is 0 Å². The fourth-order valence-corrected chi connectivity index (χ4v) is 4.00. The highest BCUT2D eigenvalue weighted by Crippen LogP contribution is 2.34. The van der Waals surface area contributed by atoms with Crippen molar-refractivity contribution in [3.05, 3.63) is 59.2 Å². The summed E-state index contributed by atoms with van der Waals surface area (Å²) < 4.78 is 28.2. The molecule has 4 aromatic rings. The van der Waals surface area contributed by atoms with Crippen LogP contribution in [0.3, 0.4) is 0 Å². The number of tetrazole rings is 1. The number of H-pyrrole nitrogens is 1. The van der Waals surface area contributed by atoms with Gasteiger partial charge in [-0.3, -0.25) is 4.98 Å². The van der Waals surface area contributed by atoms with Crippen molar-refractivity contribution in [1.29, 1.82) is 0 Å². The molecule has 0 radical (unpaired) electrons. The van der Waals surface area contributed by atoms with E-state index in [0.29, 0.717) is 15.9 Å². The Kier molecular flexibility index (Phi) is 4.93. The number of carboxylic acid groups (broad SMARTS) is 1. The molecule has 0 spiro atoms. The number of anilines is 3. The van der Waals surface area contributed by atoms with Crippen LogP contribution >= 0.6 is 11.6 Å². The Balaban J connectivity index is 1.93. The second kappa shape index (κ2) is 7.57. The quantitative estimate of drug-likeness (QED) is 0.349. The Bertz CT molecular complexity index is 1360. The van der Waals surface area contributed by atoms with Crippen molar-refractivity contribution < 1.29 is 18.3 Å². The zero-order valence-corrected chi connectivity index (χ0v) is 16.4. The Labute approximate surface area is 174 Å². The molecule has 0 unspecified atom stereocenters. The number of nitrogens with one attached hydrogen (secondary N) is 3. The van der Waals surface area contributed by atoms with E-state index < -0.39 is 16.0 Å². The van der Waals surface area contributed by atoms with Gasteiger partial charge in [-0.25, -0.2) is 17.9 Å². The lowest BCUT2D eigenvalue weighted by Crippen LogP contribution is -2.16. The van der Waals surface area contributed by atoms with Gasteiger partial charge in [0, 0.05) is 10.4 Å². The first kappa shape index (κ1) is 19.5. The number of para-hydroxylation sites is 1. The lowest BCUT2D eigenvalue weighted by atomic mass is 10.1. The topological polar surface area (TPSA) is 163 Å². The number of pyridine rings is 1. The molecule has 152 valence electrons. The zero-order valence-electron chi connectivity index (χ0n) is 14.9. The molecule has 4 N–H and O–H groups in total. The van der Waals surface area contributed by atoms with Crippen LogP contribution < -0.4 is 10.0 Å². The molecule has 0 atom stereocenters. The van der Waals surface area contributed by atoms with Gasteiger partial charge in [-0.15, -0.1) is 5.10 Å². The van der Waals surface area contributed by atoms with Crippen LogP contribution in [0.5, 0.6) is 0 Å². The Hall–Kier alpha value is -3.77. The molecule has 0 aliphatic rings. The number of carboxylic acids is 1. The van der Waals surface area contributed by atoms with E-state index in [9.17, 15) is 18.3 Å². The van der Waals surface area contributed by atoms with Crippen molar-refractivity contribution in [3.63, 3.8) is 0 Å². The highest BCUT2D eigenvalue weighted by Gasteiger charge is 2.24. The predicted octanol–water partition coefficient (Wildman–Crippen LogP) is 2.64. The third kappa shape index (κ3) is 3.73. The first-order valence-corrected chi connectivity index (χ1v) is 10.1. The maximum atomic E-state index is 13.0. The third-order valence-electron chi connectivity index (χ3n) is 4.07. The maximum Gasteiger partial charge on any atom is 0.337 e. The van der Waals surface area contributed by atoms with Gasteiger partial charge in [0.05, 0.1) is 28.7 Å². The van der Waals surface area contributed by atoms with Crippen LogP contribution in [0.15, 0.2) is 53.6 Å². The van der Waals surface area contributed by atoms with Crippen LogP contribution in [0.1, 0.15) is 10.4 Å². The molecule has 0 aliphatic heterocycles. The van der Waals surface area contributed by atoms with E-state index in [2.05, 4.69) is 35.6 Å². The van der Waals surface area contributed by atoms with Gasteiger partial charge in [-0.1, -0.05) is 28.8 Å². The van der Waals surface area contributed by atoms with E-state index in [1.165, 1.54) is 18.2 Å². The van der Waals surface area contributed by atoms with E-state index in [1.54, 1.807) is 24.3 Å². The van der Waals surface area contributed by atoms with Gasteiger partial charge in [0.15, 0.2) is 0 Å². The molecule has 0 saturated carbocycles. The summed E-state index contributed by atoms with van der Waals surface area (Å²) in [5.74, 6) is -1.44. The molecule has 2 heterocycles. The SMILES string of the molecule is O=C(O)c1ccccc1Nc1c(S(=O)(=O)Nc2nn[nH]n2)cnc2ccc(Cl)cc12. The number of aromatic amines is 1. The predicted molar refractivity (Wildman–Crippen MR) is 108 cm³/mol. The molecule has 13 heteroatoms. The monoisotopic (exact) mass is 445 g/mol. The van der Waals surface area contributed by atoms with E-state index in [1.807, 2.05) is 0 Å².